The van der Waals surface area contributed by atoms with Crippen LogP contribution in [0.3, 0.4) is 0 Å². The maximum atomic E-state index is 11.9. The minimum Gasteiger partial charge on any atom is -0.379 e. The highest BCUT2D eigenvalue weighted by Gasteiger charge is 2.44. The molecule has 1 atom stereocenters. The molecule has 0 aromatic heterocycles. The van der Waals surface area contributed by atoms with Gasteiger partial charge in [-0.1, -0.05) is 12.1 Å². The predicted molar refractivity (Wildman–Crippen MR) is 81.9 cm³/mol. The fourth-order valence-electron chi connectivity index (χ4n) is 3.46. The SMILES string of the molecule is CN1C[C@]2(COCCN(Cc3ccc(C#N)cc3)C2)CC1=O. The van der Waals surface area contributed by atoms with Crippen LogP contribution in [0.15, 0.2) is 24.3 Å². The molecule has 2 heterocycles. The molecule has 3 rings (SSSR count). The van der Waals surface area contributed by atoms with Crippen molar-refractivity contribution in [3.8, 4) is 6.07 Å². The molecule has 0 aliphatic carbocycles. The highest BCUT2D eigenvalue weighted by molar-refractivity contribution is 5.79. The fraction of sp³-hybridized carbons (Fsp3) is 0.529. The van der Waals surface area contributed by atoms with E-state index in [9.17, 15) is 4.79 Å². The molecule has 5 nitrogen and oxygen atoms in total. The Labute approximate surface area is 131 Å². The number of hydrogen-bond acceptors (Lipinski definition) is 4. The molecule has 2 saturated heterocycles. The average Bonchev–Trinajstić information content (AvgIpc) is 2.67. The number of hydrogen-bond donors (Lipinski definition) is 0. The van der Waals surface area contributed by atoms with E-state index in [0.717, 1.165) is 26.2 Å². The zero-order chi connectivity index (χ0) is 15.6. The van der Waals surface area contributed by atoms with Gasteiger partial charge < -0.3 is 9.64 Å². The molecule has 2 aliphatic heterocycles. The molecule has 1 aromatic carbocycles. The van der Waals surface area contributed by atoms with E-state index < -0.39 is 0 Å². The van der Waals surface area contributed by atoms with Gasteiger partial charge in [-0.25, -0.2) is 0 Å². The average molecular weight is 299 g/mol. The molecule has 5 heteroatoms. The molecule has 0 N–H and O–H groups in total. The smallest absolute Gasteiger partial charge is 0.223 e. The summed E-state index contributed by atoms with van der Waals surface area (Å²) in [6.45, 7) is 4.72. The first-order chi connectivity index (χ1) is 10.6. The summed E-state index contributed by atoms with van der Waals surface area (Å²) in [6, 6.07) is 9.85. The number of amides is 1. The van der Waals surface area contributed by atoms with Crippen LogP contribution < -0.4 is 0 Å². The van der Waals surface area contributed by atoms with E-state index in [1.165, 1.54) is 5.56 Å². The second kappa shape index (κ2) is 6.07. The number of likely N-dealkylation sites (tertiary alicyclic amines) is 1. The van der Waals surface area contributed by atoms with Gasteiger partial charge in [-0.05, 0) is 17.7 Å². The maximum Gasteiger partial charge on any atom is 0.223 e. The molecule has 0 bridgehead atoms. The van der Waals surface area contributed by atoms with E-state index in [1.54, 1.807) is 0 Å². The zero-order valence-corrected chi connectivity index (χ0v) is 12.9. The Kier molecular flexibility index (Phi) is 4.14. The van der Waals surface area contributed by atoms with Crippen molar-refractivity contribution in [3.05, 3.63) is 35.4 Å². The Bertz CT molecular complexity index is 593. The van der Waals surface area contributed by atoms with Gasteiger partial charge in [-0.15, -0.1) is 0 Å². The summed E-state index contributed by atoms with van der Waals surface area (Å²) >= 11 is 0. The number of ether oxygens (including phenoxy) is 1. The van der Waals surface area contributed by atoms with Crippen molar-refractivity contribution in [2.75, 3.05) is 39.9 Å². The molecule has 2 fully saturated rings. The van der Waals surface area contributed by atoms with E-state index >= 15 is 0 Å². The van der Waals surface area contributed by atoms with Crippen LogP contribution in [0, 0.1) is 16.7 Å². The highest BCUT2D eigenvalue weighted by Crippen LogP contribution is 2.33. The van der Waals surface area contributed by atoms with Gasteiger partial charge in [0, 0.05) is 45.1 Å². The van der Waals surface area contributed by atoms with Gasteiger partial charge in [-0.3, -0.25) is 9.69 Å². The van der Waals surface area contributed by atoms with Gasteiger partial charge in [0.2, 0.25) is 5.91 Å². The molecule has 0 unspecified atom stereocenters. The molecule has 2 aliphatic rings. The van der Waals surface area contributed by atoms with Crippen LogP contribution in [0.25, 0.3) is 0 Å². The van der Waals surface area contributed by atoms with E-state index in [0.29, 0.717) is 25.2 Å². The van der Waals surface area contributed by atoms with Crippen molar-refractivity contribution in [3.63, 3.8) is 0 Å². The quantitative estimate of drug-likeness (QED) is 0.824. The molecule has 0 radical (unpaired) electrons. The van der Waals surface area contributed by atoms with Crippen molar-refractivity contribution in [2.24, 2.45) is 5.41 Å². The minimum atomic E-state index is -0.0745. The predicted octanol–water partition coefficient (Wildman–Crippen LogP) is 1.24. The maximum absolute atomic E-state index is 11.9. The second-order valence-electron chi connectivity index (χ2n) is 6.50. The summed E-state index contributed by atoms with van der Waals surface area (Å²) in [4.78, 5) is 16.1. The summed E-state index contributed by atoms with van der Waals surface area (Å²) in [5.74, 6) is 0.212. The van der Waals surface area contributed by atoms with Gasteiger partial charge in [0.25, 0.3) is 0 Å². The van der Waals surface area contributed by atoms with Gasteiger partial charge in [-0.2, -0.15) is 5.26 Å². The first-order valence-electron chi connectivity index (χ1n) is 7.63. The first kappa shape index (κ1) is 15.0. The van der Waals surface area contributed by atoms with Crippen molar-refractivity contribution < 1.29 is 9.53 Å². The Hall–Kier alpha value is -1.90. The van der Waals surface area contributed by atoms with Gasteiger partial charge >= 0.3 is 0 Å². The van der Waals surface area contributed by atoms with Gasteiger partial charge in [0.15, 0.2) is 0 Å². The van der Waals surface area contributed by atoms with Crippen LogP contribution in [0.1, 0.15) is 17.5 Å². The van der Waals surface area contributed by atoms with Crippen molar-refractivity contribution in [1.82, 2.24) is 9.80 Å². The van der Waals surface area contributed by atoms with Crippen LogP contribution >= 0.6 is 0 Å². The summed E-state index contributed by atoms with van der Waals surface area (Å²) in [5, 5.41) is 8.86. The van der Waals surface area contributed by atoms with Crippen LogP contribution in [-0.2, 0) is 16.1 Å². The Morgan fingerprint density at radius 2 is 2.09 bits per heavy atom. The van der Waals surface area contributed by atoms with Gasteiger partial charge in [0.1, 0.15) is 0 Å². The molecule has 1 spiro atoms. The third-order valence-electron chi connectivity index (χ3n) is 4.53. The van der Waals surface area contributed by atoms with Crippen LogP contribution in [0.5, 0.6) is 0 Å². The summed E-state index contributed by atoms with van der Waals surface area (Å²) in [7, 11) is 1.87. The molecule has 22 heavy (non-hydrogen) atoms. The number of carbonyl (C=O) groups is 1. The lowest BCUT2D eigenvalue weighted by Crippen LogP contribution is -2.40. The van der Waals surface area contributed by atoms with Crippen molar-refractivity contribution >= 4 is 5.91 Å². The zero-order valence-electron chi connectivity index (χ0n) is 12.9. The van der Waals surface area contributed by atoms with Crippen molar-refractivity contribution in [2.45, 2.75) is 13.0 Å². The second-order valence-corrected chi connectivity index (χ2v) is 6.50. The third kappa shape index (κ3) is 3.13. The summed E-state index contributed by atoms with van der Waals surface area (Å²) < 4.78 is 5.77. The molecular weight excluding hydrogens is 278 g/mol. The van der Waals surface area contributed by atoms with Crippen LogP contribution in [0.4, 0.5) is 0 Å². The number of nitriles is 1. The third-order valence-corrected chi connectivity index (χ3v) is 4.53. The van der Waals surface area contributed by atoms with Gasteiger partial charge in [0.05, 0.1) is 24.8 Å². The number of rotatable bonds is 2. The van der Waals surface area contributed by atoms with E-state index in [2.05, 4.69) is 11.0 Å². The van der Waals surface area contributed by atoms with E-state index in [1.807, 2.05) is 36.2 Å². The number of benzene rings is 1. The monoisotopic (exact) mass is 299 g/mol. The first-order valence-corrected chi connectivity index (χ1v) is 7.63. The highest BCUT2D eigenvalue weighted by atomic mass is 16.5. The van der Waals surface area contributed by atoms with Crippen LogP contribution in [-0.4, -0.2) is 55.6 Å². The molecule has 116 valence electrons. The van der Waals surface area contributed by atoms with E-state index in [4.69, 9.17) is 10.00 Å². The Morgan fingerprint density at radius 1 is 1.32 bits per heavy atom. The standard InChI is InChI=1S/C17H21N3O2/c1-19-11-17(8-16(19)21)12-20(6-7-22-13-17)10-15-4-2-14(9-18)3-5-15/h2-5H,6-8,10-13H2,1H3/t17-/m1/s1. The molecular formula is C17H21N3O2. The Morgan fingerprint density at radius 3 is 2.73 bits per heavy atom. The summed E-state index contributed by atoms with van der Waals surface area (Å²) in [5.41, 5.74) is 1.80. The molecule has 1 amide bonds. The Balaban J connectivity index is 1.70. The fourth-order valence-corrected chi connectivity index (χ4v) is 3.46. The lowest BCUT2D eigenvalue weighted by Gasteiger charge is -2.30. The lowest BCUT2D eigenvalue weighted by molar-refractivity contribution is -0.126. The summed E-state index contributed by atoms with van der Waals surface area (Å²) in [6.07, 6.45) is 0.577. The number of carbonyl (C=O) groups excluding carboxylic acids is 1. The van der Waals surface area contributed by atoms with Crippen molar-refractivity contribution in [1.29, 1.82) is 5.26 Å². The lowest BCUT2D eigenvalue weighted by atomic mass is 9.87. The van der Waals surface area contributed by atoms with Crippen LogP contribution in [0.2, 0.25) is 0 Å². The van der Waals surface area contributed by atoms with E-state index in [-0.39, 0.29) is 11.3 Å². The normalized spacial score (nSPS) is 26.2. The number of nitrogens with zero attached hydrogens (tertiary/aromatic N) is 3. The topological polar surface area (TPSA) is 56.6 Å². The minimum absolute atomic E-state index is 0.0745. The largest absolute Gasteiger partial charge is 0.379 e. The molecule has 1 aromatic rings. The molecule has 0 saturated carbocycles.